The standard InChI is InChI=1S/C18H23N5/c1-2-6-12-22(11-5-1)18-20-17(14-19-21-18)23-13-7-9-15-8-3-4-10-16(15)23/h3-4,8,10,14H,1-2,5-7,9,11-13H2. The van der Waals surface area contributed by atoms with Gasteiger partial charge in [0.2, 0.25) is 5.95 Å². The van der Waals surface area contributed by atoms with Crippen LogP contribution >= 0.6 is 0 Å². The summed E-state index contributed by atoms with van der Waals surface area (Å²) in [6.45, 7) is 3.08. The fraction of sp³-hybridized carbons (Fsp3) is 0.500. The monoisotopic (exact) mass is 309 g/mol. The normalized spacial score (nSPS) is 18.4. The van der Waals surface area contributed by atoms with Gasteiger partial charge in [0, 0.05) is 25.3 Å². The molecule has 0 unspecified atom stereocenters. The first-order valence-electron chi connectivity index (χ1n) is 8.72. The maximum atomic E-state index is 4.84. The molecule has 23 heavy (non-hydrogen) atoms. The Kier molecular flexibility index (Phi) is 4.09. The van der Waals surface area contributed by atoms with Crippen LogP contribution in [0.25, 0.3) is 0 Å². The SMILES string of the molecule is c1ccc2c(c1)CCCN2c1cnnc(N2CCCCCC2)n1. The van der Waals surface area contributed by atoms with E-state index in [2.05, 4.69) is 44.3 Å². The van der Waals surface area contributed by atoms with Crippen LogP contribution in [0.5, 0.6) is 0 Å². The van der Waals surface area contributed by atoms with E-state index in [0.29, 0.717) is 0 Å². The van der Waals surface area contributed by atoms with Gasteiger partial charge in [-0.25, -0.2) is 0 Å². The van der Waals surface area contributed by atoms with Gasteiger partial charge in [0.05, 0.1) is 6.20 Å². The molecule has 2 aliphatic heterocycles. The first-order chi connectivity index (χ1) is 11.4. The number of benzene rings is 1. The predicted octanol–water partition coefficient (Wildman–Crippen LogP) is 3.34. The molecule has 0 spiro atoms. The molecule has 3 heterocycles. The summed E-state index contributed by atoms with van der Waals surface area (Å²) in [6.07, 6.45) is 9.15. The highest BCUT2D eigenvalue weighted by molar-refractivity contribution is 5.65. The number of hydrogen-bond acceptors (Lipinski definition) is 5. The maximum absolute atomic E-state index is 4.84. The van der Waals surface area contributed by atoms with E-state index in [1.54, 1.807) is 6.20 Å². The third-order valence-corrected chi connectivity index (χ3v) is 4.81. The lowest BCUT2D eigenvalue weighted by Gasteiger charge is -2.30. The van der Waals surface area contributed by atoms with E-state index < -0.39 is 0 Å². The van der Waals surface area contributed by atoms with Crippen LogP contribution < -0.4 is 9.80 Å². The van der Waals surface area contributed by atoms with Crippen molar-refractivity contribution in [3.8, 4) is 0 Å². The van der Waals surface area contributed by atoms with Gasteiger partial charge in [-0.3, -0.25) is 0 Å². The molecule has 5 nitrogen and oxygen atoms in total. The van der Waals surface area contributed by atoms with Gasteiger partial charge in [0.1, 0.15) is 0 Å². The summed E-state index contributed by atoms with van der Waals surface area (Å²) in [7, 11) is 0. The molecule has 4 rings (SSSR count). The molecule has 0 bridgehead atoms. The van der Waals surface area contributed by atoms with Crippen molar-refractivity contribution in [1.82, 2.24) is 15.2 Å². The minimum absolute atomic E-state index is 0.785. The highest BCUT2D eigenvalue weighted by Gasteiger charge is 2.21. The first kappa shape index (κ1) is 14.4. The third-order valence-electron chi connectivity index (χ3n) is 4.81. The second-order valence-electron chi connectivity index (χ2n) is 6.40. The lowest BCUT2D eigenvalue weighted by atomic mass is 10.0. The molecular formula is C18H23N5. The van der Waals surface area contributed by atoms with E-state index in [-0.39, 0.29) is 0 Å². The number of aromatic nitrogens is 3. The van der Waals surface area contributed by atoms with E-state index in [1.807, 2.05) is 0 Å². The van der Waals surface area contributed by atoms with Crippen LogP contribution in [0.3, 0.4) is 0 Å². The molecule has 1 aromatic heterocycles. The lowest BCUT2D eigenvalue weighted by Crippen LogP contribution is -2.29. The highest BCUT2D eigenvalue weighted by Crippen LogP contribution is 2.32. The molecular weight excluding hydrogens is 286 g/mol. The first-order valence-corrected chi connectivity index (χ1v) is 8.72. The van der Waals surface area contributed by atoms with Crippen molar-refractivity contribution < 1.29 is 0 Å². The molecule has 1 fully saturated rings. The molecule has 120 valence electrons. The number of fused-ring (bicyclic) bond motifs is 1. The van der Waals surface area contributed by atoms with Crippen LogP contribution in [0.1, 0.15) is 37.7 Å². The Morgan fingerprint density at radius 1 is 0.870 bits per heavy atom. The van der Waals surface area contributed by atoms with Crippen LogP contribution in [0.4, 0.5) is 17.5 Å². The van der Waals surface area contributed by atoms with Crippen molar-refractivity contribution >= 4 is 17.5 Å². The fourth-order valence-corrected chi connectivity index (χ4v) is 3.59. The van der Waals surface area contributed by atoms with Gasteiger partial charge in [-0.05, 0) is 37.3 Å². The van der Waals surface area contributed by atoms with Gasteiger partial charge in [-0.1, -0.05) is 31.0 Å². The number of aryl methyl sites for hydroxylation is 1. The number of para-hydroxylation sites is 1. The molecule has 0 radical (unpaired) electrons. The van der Waals surface area contributed by atoms with Crippen molar-refractivity contribution in [1.29, 1.82) is 0 Å². The molecule has 0 amide bonds. The summed E-state index contributed by atoms with van der Waals surface area (Å²) >= 11 is 0. The van der Waals surface area contributed by atoms with E-state index in [9.17, 15) is 0 Å². The molecule has 1 saturated heterocycles. The van der Waals surface area contributed by atoms with Crippen molar-refractivity contribution in [3.05, 3.63) is 36.0 Å². The van der Waals surface area contributed by atoms with E-state index in [0.717, 1.165) is 44.2 Å². The Morgan fingerprint density at radius 3 is 2.57 bits per heavy atom. The Morgan fingerprint density at radius 2 is 1.70 bits per heavy atom. The van der Waals surface area contributed by atoms with Gasteiger partial charge in [0.25, 0.3) is 0 Å². The van der Waals surface area contributed by atoms with E-state index in [4.69, 9.17) is 4.98 Å². The van der Waals surface area contributed by atoms with Gasteiger partial charge < -0.3 is 9.80 Å². The van der Waals surface area contributed by atoms with Crippen molar-refractivity contribution in [2.75, 3.05) is 29.4 Å². The predicted molar refractivity (Wildman–Crippen MR) is 92.3 cm³/mol. The fourth-order valence-electron chi connectivity index (χ4n) is 3.59. The van der Waals surface area contributed by atoms with Gasteiger partial charge in [-0.2, -0.15) is 10.1 Å². The zero-order valence-electron chi connectivity index (χ0n) is 13.5. The van der Waals surface area contributed by atoms with Crippen LogP contribution in [0.2, 0.25) is 0 Å². The minimum Gasteiger partial charge on any atom is -0.339 e. The quantitative estimate of drug-likeness (QED) is 0.851. The summed E-state index contributed by atoms with van der Waals surface area (Å²) in [5.41, 5.74) is 2.66. The summed E-state index contributed by atoms with van der Waals surface area (Å²) in [5, 5.41) is 8.54. The maximum Gasteiger partial charge on any atom is 0.247 e. The van der Waals surface area contributed by atoms with Gasteiger partial charge in [-0.15, -0.1) is 5.10 Å². The van der Waals surface area contributed by atoms with Crippen molar-refractivity contribution in [3.63, 3.8) is 0 Å². The molecule has 0 N–H and O–H groups in total. The average Bonchev–Trinajstić information content (AvgIpc) is 2.91. The molecule has 2 aromatic rings. The minimum atomic E-state index is 0.785. The summed E-state index contributed by atoms with van der Waals surface area (Å²) in [5.74, 6) is 1.71. The zero-order valence-corrected chi connectivity index (χ0v) is 13.5. The molecule has 0 saturated carbocycles. The summed E-state index contributed by atoms with van der Waals surface area (Å²) in [6, 6.07) is 8.61. The number of anilines is 3. The van der Waals surface area contributed by atoms with Gasteiger partial charge in [0.15, 0.2) is 5.82 Å². The van der Waals surface area contributed by atoms with Crippen molar-refractivity contribution in [2.24, 2.45) is 0 Å². The zero-order chi connectivity index (χ0) is 15.5. The van der Waals surface area contributed by atoms with Gasteiger partial charge >= 0.3 is 0 Å². The molecule has 2 aliphatic rings. The Hall–Kier alpha value is -2.17. The Labute approximate surface area is 137 Å². The second kappa shape index (κ2) is 6.52. The van der Waals surface area contributed by atoms with Crippen LogP contribution in [0.15, 0.2) is 30.5 Å². The highest BCUT2D eigenvalue weighted by atomic mass is 15.3. The summed E-state index contributed by atoms with van der Waals surface area (Å²) < 4.78 is 0. The average molecular weight is 309 g/mol. The summed E-state index contributed by atoms with van der Waals surface area (Å²) in [4.78, 5) is 9.42. The van der Waals surface area contributed by atoms with Crippen LogP contribution in [-0.2, 0) is 6.42 Å². The topological polar surface area (TPSA) is 45.2 Å². The largest absolute Gasteiger partial charge is 0.339 e. The number of nitrogens with zero attached hydrogens (tertiary/aromatic N) is 5. The van der Waals surface area contributed by atoms with E-state index >= 15 is 0 Å². The number of rotatable bonds is 2. The smallest absolute Gasteiger partial charge is 0.247 e. The van der Waals surface area contributed by atoms with Crippen LogP contribution in [0, 0.1) is 0 Å². The molecule has 0 atom stereocenters. The second-order valence-corrected chi connectivity index (χ2v) is 6.40. The molecule has 5 heteroatoms. The molecule has 1 aromatic carbocycles. The van der Waals surface area contributed by atoms with Crippen molar-refractivity contribution in [2.45, 2.75) is 38.5 Å². The van der Waals surface area contributed by atoms with E-state index in [1.165, 1.54) is 36.9 Å². The third kappa shape index (κ3) is 3.00. The Balaban J connectivity index is 1.64. The van der Waals surface area contributed by atoms with Crippen LogP contribution in [-0.4, -0.2) is 34.8 Å². The number of hydrogen-bond donors (Lipinski definition) is 0. The molecule has 0 aliphatic carbocycles. The Bertz CT molecular complexity index is 664. The lowest BCUT2D eigenvalue weighted by molar-refractivity contribution is 0.726.